The van der Waals surface area contributed by atoms with E-state index in [4.69, 9.17) is 4.42 Å². The van der Waals surface area contributed by atoms with Gasteiger partial charge in [0, 0.05) is 5.92 Å². The molecule has 1 fully saturated rings. The van der Waals surface area contributed by atoms with Crippen molar-refractivity contribution >= 4 is 22.7 Å². The number of hydrogen-bond donors (Lipinski definition) is 1. The number of benzene rings is 2. The molecule has 0 unspecified atom stereocenters. The number of piperidine rings is 1. The minimum absolute atomic E-state index is 0.0481. The average Bonchev–Trinajstić information content (AvgIpc) is 3.12. The Labute approximate surface area is 165 Å². The number of carbonyl (C=O) groups is 1. The summed E-state index contributed by atoms with van der Waals surface area (Å²) < 4.78 is 45.0. The van der Waals surface area contributed by atoms with Crippen LogP contribution < -0.4 is 5.32 Å². The normalized spacial score (nSPS) is 16.2. The number of nitrogens with one attached hydrogen (secondary N) is 1. The molecule has 3 aromatic rings. The van der Waals surface area contributed by atoms with Crippen LogP contribution in [0.2, 0.25) is 0 Å². The van der Waals surface area contributed by atoms with Crippen LogP contribution in [0.25, 0.3) is 11.1 Å². The van der Waals surface area contributed by atoms with Gasteiger partial charge in [-0.1, -0.05) is 24.3 Å². The second kappa shape index (κ2) is 7.87. The molecule has 0 saturated carbocycles. The van der Waals surface area contributed by atoms with Crippen molar-refractivity contribution in [3.8, 4) is 0 Å². The van der Waals surface area contributed by atoms with Gasteiger partial charge in [0.25, 0.3) is 0 Å². The van der Waals surface area contributed by atoms with E-state index in [2.05, 4.69) is 10.3 Å². The van der Waals surface area contributed by atoms with E-state index < -0.39 is 17.6 Å². The summed E-state index contributed by atoms with van der Waals surface area (Å²) in [6.45, 7) is 1.35. The number of amides is 1. The number of para-hydroxylation sites is 3. The first-order valence-electron chi connectivity index (χ1n) is 9.44. The predicted molar refractivity (Wildman–Crippen MR) is 102 cm³/mol. The number of aromatic nitrogens is 1. The standard InChI is InChI=1S/C21H20F3N3O2/c22-21(23,24)15-5-1-2-6-16(15)25-19(28)13-27-11-9-14(10-12-27)20-26-17-7-3-4-8-18(17)29-20/h1-8,14H,9-13H2,(H,25,28). The summed E-state index contributed by atoms with van der Waals surface area (Å²) in [6.07, 6.45) is -2.96. The van der Waals surface area contributed by atoms with Crippen LogP contribution in [0.15, 0.2) is 52.9 Å². The van der Waals surface area contributed by atoms with Crippen LogP contribution in [0.5, 0.6) is 0 Å². The summed E-state index contributed by atoms with van der Waals surface area (Å²) in [5, 5.41) is 2.39. The first-order chi connectivity index (χ1) is 13.9. The minimum Gasteiger partial charge on any atom is -0.440 e. The smallest absolute Gasteiger partial charge is 0.418 e. The van der Waals surface area contributed by atoms with Crippen LogP contribution in [-0.4, -0.2) is 35.4 Å². The van der Waals surface area contributed by atoms with E-state index in [-0.39, 0.29) is 18.2 Å². The first-order valence-corrected chi connectivity index (χ1v) is 9.44. The molecule has 1 saturated heterocycles. The number of alkyl halides is 3. The number of likely N-dealkylation sites (tertiary alicyclic amines) is 1. The molecule has 0 atom stereocenters. The fourth-order valence-corrected chi connectivity index (χ4v) is 3.63. The summed E-state index contributed by atoms with van der Waals surface area (Å²) in [5.74, 6) is 0.420. The fourth-order valence-electron chi connectivity index (χ4n) is 3.63. The highest BCUT2D eigenvalue weighted by Crippen LogP contribution is 2.34. The third-order valence-electron chi connectivity index (χ3n) is 5.12. The number of fused-ring (bicyclic) bond motifs is 1. The highest BCUT2D eigenvalue weighted by atomic mass is 19.4. The Bertz CT molecular complexity index is 975. The summed E-state index contributed by atoms with van der Waals surface area (Å²) >= 11 is 0. The molecule has 0 aliphatic carbocycles. The number of rotatable bonds is 4. The number of carbonyl (C=O) groups excluding carboxylic acids is 1. The second-order valence-corrected chi connectivity index (χ2v) is 7.16. The number of anilines is 1. The number of oxazole rings is 1. The Morgan fingerprint density at radius 1 is 1.10 bits per heavy atom. The maximum atomic E-state index is 13.1. The zero-order chi connectivity index (χ0) is 20.4. The topological polar surface area (TPSA) is 58.4 Å². The van der Waals surface area contributed by atoms with E-state index in [9.17, 15) is 18.0 Å². The SMILES string of the molecule is O=C(CN1CCC(c2nc3ccccc3o2)CC1)Nc1ccccc1C(F)(F)F. The molecule has 0 bridgehead atoms. The van der Waals surface area contributed by atoms with E-state index in [0.29, 0.717) is 19.0 Å². The zero-order valence-electron chi connectivity index (χ0n) is 15.6. The Balaban J connectivity index is 1.33. The van der Waals surface area contributed by atoms with Gasteiger partial charge in [0.05, 0.1) is 17.8 Å². The molecule has 1 amide bonds. The van der Waals surface area contributed by atoms with E-state index >= 15 is 0 Å². The molecular weight excluding hydrogens is 383 g/mol. The molecule has 2 heterocycles. The lowest BCUT2D eigenvalue weighted by atomic mass is 9.97. The van der Waals surface area contributed by atoms with Crippen molar-refractivity contribution in [2.24, 2.45) is 0 Å². The van der Waals surface area contributed by atoms with Gasteiger partial charge in [0.2, 0.25) is 5.91 Å². The molecule has 8 heteroatoms. The summed E-state index contributed by atoms with van der Waals surface area (Å²) in [4.78, 5) is 18.8. The van der Waals surface area contributed by atoms with E-state index in [0.717, 1.165) is 30.0 Å². The molecule has 29 heavy (non-hydrogen) atoms. The molecule has 0 radical (unpaired) electrons. The fraction of sp³-hybridized carbons (Fsp3) is 0.333. The average molecular weight is 403 g/mol. The van der Waals surface area contributed by atoms with Gasteiger partial charge in [-0.05, 0) is 50.2 Å². The van der Waals surface area contributed by atoms with Crippen molar-refractivity contribution in [2.75, 3.05) is 25.0 Å². The van der Waals surface area contributed by atoms with Gasteiger partial charge in [0.15, 0.2) is 11.5 Å². The van der Waals surface area contributed by atoms with Gasteiger partial charge < -0.3 is 9.73 Å². The zero-order valence-corrected chi connectivity index (χ0v) is 15.6. The molecule has 152 valence electrons. The van der Waals surface area contributed by atoms with Gasteiger partial charge in [-0.25, -0.2) is 4.98 Å². The van der Waals surface area contributed by atoms with Gasteiger partial charge in [-0.3, -0.25) is 9.69 Å². The minimum atomic E-state index is -4.51. The highest BCUT2D eigenvalue weighted by molar-refractivity contribution is 5.93. The second-order valence-electron chi connectivity index (χ2n) is 7.16. The third kappa shape index (κ3) is 4.42. The Morgan fingerprint density at radius 3 is 2.52 bits per heavy atom. The first kappa shape index (κ1) is 19.4. The largest absolute Gasteiger partial charge is 0.440 e. The molecule has 1 aliphatic rings. The van der Waals surface area contributed by atoms with E-state index in [1.807, 2.05) is 29.2 Å². The summed E-state index contributed by atoms with van der Waals surface area (Å²) in [7, 11) is 0. The van der Waals surface area contributed by atoms with Crippen molar-refractivity contribution in [3.05, 3.63) is 60.0 Å². The highest BCUT2D eigenvalue weighted by Gasteiger charge is 2.33. The quantitative estimate of drug-likeness (QED) is 0.688. The van der Waals surface area contributed by atoms with Crippen molar-refractivity contribution in [1.29, 1.82) is 0 Å². The molecule has 4 rings (SSSR count). The monoisotopic (exact) mass is 403 g/mol. The van der Waals surface area contributed by atoms with Crippen LogP contribution in [0.4, 0.5) is 18.9 Å². The number of nitrogens with zero attached hydrogens (tertiary/aromatic N) is 2. The Hall–Kier alpha value is -2.87. The van der Waals surface area contributed by atoms with Crippen LogP contribution in [0.1, 0.15) is 30.2 Å². The number of halogens is 3. The molecule has 1 N–H and O–H groups in total. The maximum Gasteiger partial charge on any atom is 0.418 e. The molecule has 1 aromatic heterocycles. The lowest BCUT2D eigenvalue weighted by molar-refractivity contribution is -0.137. The van der Waals surface area contributed by atoms with Crippen molar-refractivity contribution < 1.29 is 22.4 Å². The van der Waals surface area contributed by atoms with Crippen molar-refractivity contribution in [1.82, 2.24) is 9.88 Å². The lowest BCUT2D eigenvalue weighted by Gasteiger charge is -2.30. The lowest BCUT2D eigenvalue weighted by Crippen LogP contribution is -2.39. The van der Waals surface area contributed by atoms with E-state index in [1.165, 1.54) is 18.2 Å². The van der Waals surface area contributed by atoms with Crippen LogP contribution in [0, 0.1) is 0 Å². The van der Waals surface area contributed by atoms with Crippen LogP contribution in [-0.2, 0) is 11.0 Å². The molecule has 1 aliphatic heterocycles. The predicted octanol–water partition coefficient (Wildman–Crippen LogP) is 4.66. The van der Waals surface area contributed by atoms with Crippen molar-refractivity contribution in [2.45, 2.75) is 24.9 Å². The molecule has 0 spiro atoms. The van der Waals surface area contributed by atoms with Gasteiger partial charge in [-0.2, -0.15) is 13.2 Å². The van der Waals surface area contributed by atoms with E-state index in [1.54, 1.807) is 0 Å². The van der Waals surface area contributed by atoms with Gasteiger partial charge in [0.1, 0.15) is 5.52 Å². The summed E-state index contributed by atoms with van der Waals surface area (Å²) in [5.41, 5.74) is 0.523. The molecule has 2 aromatic carbocycles. The molecule has 5 nitrogen and oxygen atoms in total. The number of hydrogen-bond acceptors (Lipinski definition) is 4. The third-order valence-corrected chi connectivity index (χ3v) is 5.12. The maximum absolute atomic E-state index is 13.1. The van der Waals surface area contributed by atoms with Crippen LogP contribution in [0.3, 0.4) is 0 Å². The summed E-state index contributed by atoms with van der Waals surface area (Å²) in [6, 6.07) is 12.6. The molecular formula is C21H20F3N3O2. The van der Waals surface area contributed by atoms with Gasteiger partial charge in [-0.15, -0.1) is 0 Å². The Morgan fingerprint density at radius 2 is 1.79 bits per heavy atom. The van der Waals surface area contributed by atoms with Crippen molar-refractivity contribution in [3.63, 3.8) is 0 Å². The van der Waals surface area contributed by atoms with Crippen LogP contribution >= 0.6 is 0 Å². The Kier molecular flexibility index (Phi) is 5.27. The van der Waals surface area contributed by atoms with Gasteiger partial charge >= 0.3 is 6.18 Å².